The summed E-state index contributed by atoms with van der Waals surface area (Å²) in [6.07, 6.45) is 1.31. The Morgan fingerprint density at radius 3 is 2.24 bits per heavy atom. The second-order valence-electron chi connectivity index (χ2n) is 6.48. The SMILES string of the molecule is Cn1cc(S(=O)(=O)N2CCN(C(=O)c3cc(F)c(Cl)cc3Cl)CC2)cc1C(N)=O. The summed E-state index contributed by atoms with van der Waals surface area (Å²) in [6.45, 7) is 0.243. The highest BCUT2D eigenvalue weighted by molar-refractivity contribution is 7.89. The van der Waals surface area contributed by atoms with Crippen LogP contribution >= 0.6 is 23.2 Å². The van der Waals surface area contributed by atoms with Crippen LogP contribution in [0.4, 0.5) is 4.39 Å². The first kappa shape index (κ1) is 21.6. The molecule has 156 valence electrons. The van der Waals surface area contributed by atoms with Crippen LogP contribution in [0.25, 0.3) is 0 Å². The summed E-state index contributed by atoms with van der Waals surface area (Å²) in [5.41, 5.74) is 5.25. The minimum atomic E-state index is -3.87. The summed E-state index contributed by atoms with van der Waals surface area (Å²) >= 11 is 11.6. The van der Waals surface area contributed by atoms with Crippen molar-refractivity contribution < 1.29 is 22.4 Å². The topological polar surface area (TPSA) is 106 Å². The maximum absolute atomic E-state index is 13.7. The molecule has 29 heavy (non-hydrogen) atoms. The second-order valence-corrected chi connectivity index (χ2v) is 9.23. The van der Waals surface area contributed by atoms with Gasteiger partial charge in [0.25, 0.3) is 11.8 Å². The van der Waals surface area contributed by atoms with Crippen LogP contribution in [-0.2, 0) is 17.1 Å². The molecule has 0 bridgehead atoms. The minimum absolute atomic E-state index is 0.0136. The fraction of sp³-hybridized carbons (Fsp3) is 0.294. The number of nitrogens with two attached hydrogens (primary N) is 1. The fourth-order valence-electron chi connectivity index (χ4n) is 3.06. The molecule has 1 aliphatic rings. The number of hydrogen-bond donors (Lipinski definition) is 1. The van der Waals surface area contributed by atoms with Gasteiger partial charge in [0.15, 0.2) is 0 Å². The summed E-state index contributed by atoms with van der Waals surface area (Å²) in [5, 5.41) is -0.180. The molecule has 2 heterocycles. The molecular formula is C17H17Cl2FN4O4S. The zero-order valence-corrected chi connectivity index (χ0v) is 17.6. The highest BCUT2D eigenvalue weighted by Crippen LogP contribution is 2.26. The van der Waals surface area contributed by atoms with Crippen molar-refractivity contribution in [1.29, 1.82) is 0 Å². The van der Waals surface area contributed by atoms with Crippen molar-refractivity contribution in [3.63, 3.8) is 0 Å². The average Bonchev–Trinajstić information content (AvgIpc) is 3.07. The van der Waals surface area contributed by atoms with Gasteiger partial charge in [-0.25, -0.2) is 12.8 Å². The number of nitrogens with zero attached hydrogens (tertiary/aromatic N) is 3. The van der Waals surface area contributed by atoms with Gasteiger partial charge in [-0.3, -0.25) is 9.59 Å². The number of rotatable bonds is 4. The van der Waals surface area contributed by atoms with Crippen LogP contribution in [0, 0.1) is 5.82 Å². The highest BCUT2D eigenvalue weighted by atomic mass is 35.5. The van der Waals surface area contributed by atoms with E-state index < -0.39 is 27.7 Å². The van der Waals surface area contributed by atoms with Crippen molar-refractivity contribution in [1.82, 2.24) is 13.8 Å². The van der Waals surface area contributed by atoms with E-state index in [1.165, 1.54) is 33.1 Å². The number of piperazine rings is 1. The van der Waals surface area contributed by atoms with Gasteiger partial charge in [-0.05, 0) is 18.2 Å². The molecule has 2 aromatic rings. The smallest absolute Gasteiger partial charge is 0.265 e. The van der Waals surface area contributed by atoms with Crippen molar-refractivity contribution in [3.8, 4) is 0 Å². The Hall–Kier alpha value is -2.14. The summed E-state index contributed by atoms with van der Waals surface area (Å²) in [7, 11) is -2.35. The number of amides is 2. The van der Waals surface area contributed by atoms with Gasteiger partial charge in [0.1, 0.15) is 16.4 Å². The molecule has 1 aliphatic heterocycles. The van der Waals surface area contributed by atoms with E-state index >= 15 is 0 Å². The molecule has 1 fully saturated rings. The summed E-state index contributed by atoms with van der Waals surface area (Å²) in [5.74, 6) is -2.02. The van der Waals surface area contributed by atoms with Crippen LogP contribution in [0.15, 0.2) is 29.3 Å². The van der Waals surface area contributed by atoms with E-state index in [1.54, 1.807) is 0 Å². The zero-order valence-electron chi connectivity index (χ0n) is 15.2. The summed E-state index contributed by atoms with van der Waals surface area (Å²) in [4.78, 5) is 25.3. The van der Waals surface area contributed by atoms with Crippen LogP contribution < -0.4 is 5.73 Å². The first-order valence-electron chi connectivity index (χ1n) is 8.42. The average molecular weight is 463 g/mol. The molecule has 0 saturated carbocycles. The molecule has 0 atom stereocenters. The quantitative estimate of drug-likeness (QED) is 0.697. The maximum atomic E-state index is 13.7. The number of hydrogen-bond acceptors (Lipinski definition) is 4. The molecule has 2 N–H and O–H groups in total. The van der Waals surface area contributed by atoms with Crippen LogP contribution in [0.2, 0.25) is 10.0 Å². The van der Waals surface area contributed by atoms with E-state index in [0.29, 0.717) is 0 Å². The number of sulfonamides is 1. The lowest BCUT2D eigenvalue weighted by atomic mass is 10.1. The van der Waals surface area contributed by atoms with Gasteiger partial charge in [0.2, 0.25) is 10.0 Å². The normalized spacial score (nSPS) is 15.5. The fourth-order valence-corrected chi connectivity index (χ4v) is 5.02. The Morgan fingerprint density at radius 1 is 1.07 bits per heavy atom. The molecule has 0 spiro atoms. The Balaban J connectivity index is 1.75. The molecule has 1 aromatic carbocycles. The van der Waals surface area contributed by atoms with E-state index in [0.717, 1.165) is 12.1 Å². The lowest BCUT2D eigenvalue weighted by molar-refractivity contribution is 0.0697. The molecule has 1 aromatic heterocycles. The Bertz CT molecular complexity index is 1100. The van der Waals surface area contributed by atoms with E-state index in [9.17, 15) is 22.4 Å². The van der Waals surface area contributed by atoms with Crippen LogP contribution in [0.5, 0.6) is 0 Å². The van der Waals surface area contributed by atoms with Gasteiger partial charge < -0.3 is 15.2 Å². The van der Waals surface area contributed by atoms with Crippen molar-refractivity contribution in [2.24, 2.45) is 12.8 Å². The second kappa shape index (κ2) is 7.94. The number of benzene rings is 1. The van der Waals surface area contributed by atoms with E-state index in [1.807, 2.05) is 0 Å². The molecule has 2 amide bonds. The Kier molecular flexibility index (Phi) is 5.91. The van der Waals surface area contributed by atoms with Gasteiger partial charge in [-0.1, -0.05) is 23.2 Å². The lowest BCUT2D eigenvalue weighted by Crippen LogP contribution is -2.50. The lowest BCUT2D eigenvalue weighted by Gasteiger charge is -2.34. The number of aryl methyl sites for hydroxylation is 1. The monoisotopic (exact) mass is 462 g/mol. The molecule has 0 unspecified atom stereocenters. The highest BCUT2D eigenvalue weighted by Gasteiger charge is 2.32. The molecule has 3 rings (SSSR count). The number of aromatic nitrogens is 1. The Labute approximate surface area is 176 Å². The van der Waals surface area contributed by atoms with Gasteiger partial charge in [-0.15, -0.1) is 0 Å². The third-order valence-electron chi connectivity index (χ3n) is 4.64. The van der Waals surface area contributed by atoms with Gasteiger partial charge in [0, 0.05) is 39.4 Å². The van der Waals surface area contributed by atoms with Crippen molar-refractivity contribution >= 4 is 45.0 Å². The molecular weight excluding hydrogens is 446 g/mol. The number of carbonyl (C=O) groups is 2. The molecule has 1 saturated heterocycles. The largest absolute Gasteiger partial charge is 0.364 e. The van der Waals surface area contributed by atoms with E-state index in [4.69, 9.17) is 28.9 Å². The van der Waals surface area contributed by atoms with Gasteiger partial charge in [0.05, 0.1) is 15.6 Å². The van der Waals surface area contributed by atoms with Gasteiger partial charge >= 0.3 is 0 Å². The van der Waals surface area contributed by atoms with Crippen molar-refractivity contribution in [2.75, 3.05) is 26.2 Å². The Morgan fingerprint density at radius 2 is 1.69 bits per heavy atom. The van der Waals surface area contributed by atoms with Crippen molar-refractivity contribution in [2.45, 2.75) is 4.90 Å². The predicted octanol–water partition coefficient (Wildman–Crippen LogP) is 1.72. The van der Waals surface area contributed by atoms with Crippen LogP contribution in [0.3, 0.4) is 0 Å². The molecule has 12 heteroatoms. The summed E-state index contributed by atoms with van der Waals surface area (Å²) in [6, 6.07) is 3.33. The number of halogens is 3. The molecule has 8 nitrogen and oxygen atoms in total. The number of primary amides is 1. The predicted molar refractivity (Wildman–Crippen MR) is 105 cm³/mol. The zero-order chi connectivity index (χ0) is 21.5. The number of carbonyl (C=O) groups excluding carboxylic acids is 2. The van der Waals surface area contributed by atoms with E-state index in [2.05, 4.69) is 0 Å². The van der Waals surface area contributed by atoms with Crippen LogP contribution in [-0.4, -0.2) is 60.2 Å². The minimum Gasteiger partial charge on any atom is -0.364 e. The molecule has 0 radical (unpaired) electrons. The molecule has 0 aliphatic carbocycles. The first-order valence-corrected chi connectivity index (χ1v) is 10.6. The first-order chi connectivity index (χ1) is 13.5. The van der Waals surface area contributed by atoms with Gasteiger partial charge in [-0.2, -0.15) is 4.31 Å². The third-order valence-corrected chi connectivity index (χ3v) is 7.10. The van der Waals surface area contributed by atoms with Crippen molar-refractivity contribution in [3.05, 3.63) is 51.5 Å². The maximum Gasteiger partial charge on any atom is 0.265 e. The van der Waals surface area contributed by atoms with E-state index in [-0.39, 0.29) is 52.4 Å². The third kappa shape index (κ3) is 4.11. The standard InChI is InChI=1S/C17H17Cl2FN4O4S/c1-22-9-10(6-15(22)16(21)25)29(27,28)24-4-2-23(3-5-24)17(26)11-7-14(20)13(19)8-12(11)18/h6-9H,2-5H2,1H3,(H2,21,25). The summed E-state index contributed by atoms with van der Waals surface area (Å²) < 4.78 is 41.9. The van der Waals surface area contributed by atoms with Crippen LogP contribution in [0.1, 0.15) is 20.8 Å².